The van der Waals surface area contributed by atoms with E-state index < -0.39 is 11.0 Å². The van der Waals surface area contributed by atoms with Gasteiger partial charge in [0.1, 0.15) is 0 Å². The van der Waals surface area contributed by atoms with Crippen LogP contribution in [0.3, 0.4) is 0 Å². The Bertz CT molecular complexity index is 612. The van der Waals surface area contributed by atoms with Gasteiger partial charge < -0.3 is 15.2 Å². The second kappa shape index (κ2) is 5.70. The first-order chi connectivity index (χ1) is 8.72. The van der Waals surface area contributed by atoms with Gasteiger partial charge in [0.25, 0.3) is 11.0 Å². The van der Waals surface area contributed by atoms with E-state index in [-0.39, 0.29) is 0 Å². The molecule has 0 saturated carbocycles. The summed E-state index contributed by atoms with van der Waals surface area (Å²) in [6, 6.07) is 10.9. The Kier molecular flexibility index (Phi) is 4.01. The molecular formula is C12H14N2O3S. The summed E-state index contributed by atoms with van der Waals surface area (Å²) in [5.74, 6) is 0.323. The summed E-state index contributed by atoms with van der Waals surface area (Å²) in [6.45, 7) is 1.10. The molecule has 0 spiro atoms. The third kappa shape index (κ3) is 2.72. The standard InChI is InChI=1S/C12H14N2O3S/c13-7-8-14-10-5-1-3-9-4-2-6-11(12(9)10)17-18(15)16/h1-6,14,18H,7-8,13H2. The van der Waals surface area contributed by atoms with E-state index in [4.69, 9.17) is 9.92 Å². The van der Waals surface area contributed by atoms with Crippen molar-refractivity contribution < 1.29 is 12.6 Å². The fraction of sp³-hybridized carbons (Fsp3) is 0.167. The molecule has 0 fully saturated rings. The normalized spacial score (nSPS) is 10.8. The smallest absolute Gasteiger partial charge is 0.299 e. The summed E-state index contributed by atoms with van der Waals surface area (Å²) in [5, 5.41) is 4.80. The topological polar surface area (TPSA) is 81.4 Å². The lowest BCUT2D eigenvalue weighted by atomic mass is 10.1. The molecule has 0 heterocycles. The zero-order valence-corrected chi connectivity index (χ0v) is 10.5. The van der Waals surface area contributed by atoms with Gasteiger partial charge >= 0.3 is 0 Å². The Labute approximate surface area is 107 Å². The van der Waals surface area contributed by atoms with Gasteiger partial charge in [-0.3, -0.25) is 0 Å². The summed E-state index contributed by atoms with van der Waals surface area (Å²) in [4.78, 5) is 0. The highest BCUT2D eigenvalue weighted by Crippen LogP contribution is 2.32. The molecule has 18 heavy (non-hydrogen) atoms. The highest BCUT2D eigenvalue weighted by molar-refractivity contribution is 7.67. The van der Waals surface area contributed by atoms with Crippen LogP contribution in [0.2, 0.25) is 0 Å². The quantitative estimate of drug-likeness (QED) is 0.706. The first-order valence-corrected chi connectivity index (χ1v) is 6.60. The molecule has 0 atom stereocenters. The lowest BCUT2D eigenvalue weighted by Crippen LogP contribution is -2.13. The van der Waals surface area contributed by atoms with Crippen LogP contribution >= 0.6 is 0 Å². The van der Waals surface area contributed by atoms with E-state index in [1.54, 1.807) is 12.1 Å². The summed E-state index contributed by atoms with van der Waals surface area (Å²) in [6.07, 6.45) is 0. The van der Waals surface area contributed by atoms with Crippen molar-refractivity contribution in [2.24, 2.45) is 5.73 Å². The Balaban J connectivity index is 2.56. The predicted molar refractivity (Wildman–Crippen MR) is 72.4 cm³/mol. The SMILES string of the molecule is NCCNc1cccc2cccc(O[SH](=O)=O)c12. The molecule has 5 nitrogen and oxygen atoms in total. The Morgan fingerprint density at radius 3 is 2.56 bits per heavy atom. The average Bonchev–Trinajstić information content (AvgIpc) is 2.35. The molecule has 96 valence electrons. The van der Waals surface area contributed by atoms with Crippen molar-refractivity contribution in [3.63, 3.8) is 0 Å². The fourth-order valence-electron chi connectivity index (χ4n) is 1.82. The molecule has 2 aromatic carbocycles. The highest BCUT2D eigenvalue weighted by atomic mass is 32.2. The fourth-order valence-corrected chi connectivity index (χ4v) is 2.13. The van der Waals surface area contributed by atoms with Crippen molar-refractivity contribution in [2.45, 2.75) is 0 Å². The number of nitrogens with one attached hydrogen (secondary N) is 1. The van der Waals surface area contributed by atoms with Gasteiger partial charge in [0.2, 0.25) is 0 Å². The van der Waals surface area contributed by atoms with Crippen LogP contribution in [-0.4, -0.2) is 21.5 Å². The van der Waals surface area contributed by atoms with Gasteiger partial charge in [0.15, 0.2) is 5.75 Å². The third-order valence-electron chi connectivity index (χ3n) is 2.50. The second-order valence-electron chi connectivity index (χ2n) is 3.69. The van der Waals surface area contributed by atoms with Crippen molar-refractivity contribution in [1.82, 2.24) is 0 Å². The number of anilines is 1. The summed E-state index contributed by atoms with van der Waals surface area (Å²) >= 11 is 0. The van der Waals surface area contributed by atoms with Gasteiger partial charge in [-0.2, -0.15) is 8.42 Å². The minimum atomic E-state index is -2.93. The van der Waals surface area contributed by atoms with E-state index in [9.17, 15) is 8.42 Å². The van der Waals surface area contributed by atoms with Crippen LogP contribution in [0.15, 0.2) is 36.4 Å². The van der Waals surface area contributed by atoms with Crippen LogP contribution in [0.25, 0.3) is 10.8 Å². The zero-order chi connectivity index (χ0) is 13.0. The highest BCUT2D eigenvalue weighted by Gasteiger charge is 2.07. The number of benzene rings is 2. The number of fused-ring (bicyclic) bond motifs is 1. The maximum atomic E-state index is 10.7. The third-order valence-corrected chi connectivity index (χ3v) is 2.84. The van der Waals surface area contributed by atoms with Gasteiger partial charge in [-0.15, -0.1) is 0 Å². The largest absolute Gasteiger partial charge is 0.384 e. The maximum absolute atomic E-state index is 10.7. The molecule has 0 bridgehead atoms. The molecule has 0 saturated heterocycles. The predicted octanol–water partition coefficient (Wildman–Crippen LogP) is 1.12. The second-order valence-corrected chi connectivity index (χ2v) is 4.32. The Hall–Kier alpha value is -1.79. The molecular weight excluding hydrogens is 252 g/mol. The number of hydrogen-bond donors (Lipinski definition) is 3. The Morgan fingerprint density at radius 1 is 1.17 bits per heavy atom. The lowest BCUT2D eigenvalue weighted by Gasteiger charge is -2.11. The van der Waals surface area contributed by atoms with Crippen LogP contribution in [0.1, 0.15) is 0 Å². The molecule has 0 aliphatic rings. The molecule has 0 aromatic heterocycles. The van der Waals surface area contributed by atoms with Gasteiger partial charge in [0, 0.05) is 24.2 Å². The zero-order valence-electron chi connectivity index (χ0n) is 9.63. The molecule has 0 amide bonds. The average molecular weight is 266 g/mol. The van der Waals surface area contributed by atoms with Crippen molar-refractivity contribution in [3.05, 3.63) is 36.4 Å². The van der Waals surface area contributed by atoms with Gasteiger partial charge in [-0.25, -0.2) is 0 Å². The maximum Gasteiger partial charge on any atom is 0.299 e. The van der Waals surface area contributed by atoms with Crippen molar-refractivity contribution >= 4 is 27.4 Å². The molecule has 2 aromatic rings. The molecule has 0 radical (unpaired) electrons. The number of thiol groups is 1. The molecule has 0 unspecified atom stereocenters. The van der Waals surface area contributed by atoms with Crippen molar-refractivity contribution in [1.29, 1.82) is 0 Å². The minimum Gasteiger partial charge on any atom is -0.384 e. The summed E-state index contributed by atoms with van der Waals surface area (Å²) < 4.78 is 26.3. The lowest BCUT2D eigenvalue weighted by molar-refractivity contribution is 0.513. The number of rotatable bonds is 5. The first-order valence-electron chi connectivity index (χ1n) is 5.50. The molecule has 2 rings (SSSR count). The molecule has 3 N–H and O–H groups in total. The first kappa shape index (κ1) is 12.7. The number of nitrogens with two attached hydrogens (primary N) is 1. The minimum absolute atomic E-state index is 0.323. The van der Waals surface area contributed by atoms with Crippen LogP contribution in [0.4, 0.5) is 5.69 Å². The van der Waals surface area contributed by atoms with Gasteiger partial charge in [0.05, 0.1) is 0 Å². The van der Waals surface area contributed by atoms with E-state index in [1.165, 1.54) is 0 Å². The van der Waals surface area contributed by atoms with Crippen LogP contribution in [0.5, 0.6) is 5.75 Å². The Morgan fingerprint density at radius 2 is 1.89 bits per heavy atom. The molecule has 0 aliphatic heterocycles. The van der Waals surface area contributed by atoms with Crippen LogP contribution < -0.4 is 15.2 Å². The van der Waals surface area contributed by atoms with E-state index in [0.717, 1.165) is 16.5 Å². The van der Waals surface area contributed by atoms with E-state index >= 15 is 0 Å². The van der Waals surface area contributed by atoms with Crippen LogP contribution in [-0.2, 0) is 11.0 Å². The van der Waals surface area contributed by atoms with Crippen molar-refractivity contribution in [3.8, 4) is 5.75 Å². The van der Waals surface area contributed by atoms with E-state index in [1.807, 2.05) is 24.3 Å². The monoisotopic (exact) mass is 266 g/mol. The van der Waals surface area contributed by atoms with Gasteiger partial charge in [-0.1, -0.05) is 24.3 Å². The molecule has 6 heteroatoms. The van der Waals surface area contributed by atoms with E-state index in [2.05, 4.69) is 5.32 Å². The van der Waals surface area contributed by atoms with Crippen LogP contribution in [0, 0.1) is 0 Å². The van der Waals surface area contributed by atoms with Gasteiger partial charge in [-0.05, 0) is 17.5 Å². The number of hydrogen-bond acceptors (Lipinski definition) is 5. The summed E-state index contributed by atoms with van der Waals surface area (Å²) in [7, 11) is -2.93. The van der Waals surface area contributed by atoms with Crippen molar-refractivity contribution in [2.75, 3.05) is 18.4 Å². The van der Waals surface area contributed by atoms with E-state index in [0.29, 0.717) is 18.8 Å². The summed E-state index contributed by atoms with van der Waals surface area (Å²) in [5.41, 5.74) is 6.26. The molecule has 0 aliphatic carbocycles.